The number of benzene rings is 2. The molecule has 0 bridgehead atoms. The van der Waals surface area contributed by atoms with E-state index in [-0.39, 0.29) is 5.91 Å². The van der Waals surface area contributed by atoms with Crippen LogP contribution in [0.4, 0.5) is 0 Å². The first-order valence-electron chi connectivity index (χ1n) is 10.1. The van der Waals surface area contributed by atoms with Crippen LogP contribution in [0.15, 0.2) is 53.5 Å². The maximum absolute atomic E-state index is 11.7. The Bertz CT molecular complexity index is 788. The minimum Gasteiger partial charge on any atom is -0.494 e. The first-order valence-corrected chi connectivity index (χ1v) is 10.1. The van der Waals surface area contributed by atoms with Crippen LogP contribution in [0.2, 0.25) is 0 Å². The summed E-state index contributed by atoms with van der Waals surface area (Å²) in [6, 6.07) is 15.8. The molecule has 6 heteroatoms. The van der Waals surface area contributed by atoms with Crippen molar-refractivity contribution in [2.75, 3.05) is 33.3 Å². The smallest absolute Gasteiger partial charge is 0.251 e. The fraction of sp³-hybridized carbons (Fsp3) is 0.391. The number of hydrogen-bond donors (Lipinski definition) is 3. The van der Waals surface area contributed by atoms with Crippen molar-refractivity contribution in [1.82, 2.24) is 16.0 Å². The van der Waals surface area contributed by atoms with E-state index in [9.17, 15) is 4.79 Å². The number of amides is 1. The summed E-state index contributed by atoms with van der Waals surface area (Å²) in [5, 5.41) is 9.25. The molecule has 0 saturated carbocycles. The number of aliphatic imine (C=N–C) groups is 1. The van der Waals surface area contributed by atoms with Gasteiger partial charge < -0.3 is 20.7 Å². The van der Waals surface area contributed by atoms with E-state index in [2.05, 4.69) is 27.9 Å². The van der Waals surface area contributed by atoms with Gasteiger partial charge in [-0.1, -0.05) is 29.8 Å². The van der Waals surface area contributed by atoms with Gasteiger partial charge in [0, 0.05) is 38.7 Å². The molecule has 0 spiro atoms. The number of hydrogen-bond acceptors (Lipinski definition) is 3. The lowest BCUT2D eigenvalue weighted by Crippen LogP contribution is -2.38. The summed E-state index contributed by atoms with van der Waals surface area (Å²) in [5.74, 6) is 1.62. The van der Waals surface area contributed by atoms with E-state index < -0.39 is 0 Å². The zero-order chi connectivity index (χ0) is 20.9. The van der Waals surface area contributed by atoms with Crippen molar-refractivity contribution in [2.45, 2.75) is 26.7 Å². The van der Waals surface area contributed by atoms with Gasteiger partial charge >= 0.3 is 0 Å². The molecule has 2 aromatic carbocycles. The van der Waals surface area contributed by atoms with Gasteiger partial charge in [-0.15, -0.1) is 0 Å². The molecule has 29 heavy (non-hydrogen) atoms. The molecule has 0 radical (unpaired) electrons. The van der Waals surface area contributed by atoms with Crippen LogP contribution in [0.25, 0.3) is 0 Å². The maximum atomic E-state index is 11.7. The molecule has 3 N–H and O–H groups in total. The lowest BCUT2D eigenvalue weighted by molar-refractivity contribution is 0.0963. The number of aryl methyl sites for hydroxylation is 1. The van der Waals surface area contributed by atoms with Gasteiger partial charge in [0.1, 0.15) is 5.75 Å². The molecule has 0 saturated heterocycles. The first-order chi connectivity index (χ1) is 14.1. The van der Waals surface area contributed by atoms with Crippen molar-refractivity contribution in [2.24, 2.45) is 4.99 Å². The molecule has 1 amide bonds. The van der Waals surface area contributed by atoms with E-state index in [1.165, 1.54) is 5.56 Å². The van der Waals surface area contributed by atoms with Crippen molar-refractivity contribution >= 4 is 11.9 Å². The number of nitrogens with one attached hydrogen (secondary N) is 3. The average Bonchev–Trinajstić information content (AvgIpc) is 2.74. The standard InChI is InChI=1S/C23H32N4O2/c1-4-25-23(26-14-6-16-29-21-11-9-18(2)10-12-21)27-15-13-19-7-5-8-20(17-19)22(28)24-3/h5,7-12,17H,4,6,13-16H2,1-3H3,(H,24,28)(H2,25,26,27). The van der Waals surface area contributed by atoms with Gasteiger partial charge in [0.25, 0.3) is 5.91 Å². The second-order valence-corrected chi connectivity index (χ2v) is 6.73. The minimum atomic E-state index is -0.0671. The summed E-state index contributed by atoms with van der Waals surface area (Å²) < 4.78 is 5.74. The van der Waals surface area contributed by atoms with Gasteiger partial charge in [-0.3, -0.25) is 9.79 Å². The highest BCUT2D eigenvalue weighted by atomic mass is 16.5. The van der Waals surface area contributed by atoms with E-state index in [0.717, 1.165) is 43.2 Å². The van der Waals surface area contributed by atoms with Crippen molar-refractivity contribution in [3.63, 3.8) is 0 Å². The molecule has 0 aliphatic rings. The predicted molar refractivity (Wildman–Crippen MR) is 119 cm³/mol. The summed E-state index contributed by atoms with van der Waals surface area (Å²) >= 11 is 0. The molecule has 0 fully saturated rings. The Kier molecular flexibility index (Phi) is 9.55. The van der Waals surface area contributed by atoms with Crippen LogP contribution in [0.5, 0.6) is 5.75 Å². The van der Waals surface area contributed by atoms with Crippen LogP contribution < -0.4 is 20.7 Å². The Labute approximate surface area is 173 Å². The summed E-state index contributed by atoms with van der Waals surface area (Å²) in [6.45, 7) is 6.98. The SMILES string of the molecule is CCNC(=NCCCOc1ccc(C)cc1)NCCc1cccc(C(=O)NC)c1. The van der Waals surface area contributed by atoms with Crippen molar-refractivity contribution in [3.05, 3.63) is 65.2 Å². The number of ether oxygens (including phenoxy) is 1. The number of carbonyl (C=O) groups is 1. The fourth-order valence-corrected chi connectivity index (χ4v) is 2.76. The first kappa shape index (κ1) is 22.3. The van der Waals surface area contributed by atoms with Gasteiger partial charge in [0.05, 0.1) is 6.61 Å². The highest BCUT2D eigenvalue weighted by molar-refractivity contribution is 5.94. The van der Waals surface area contributed by atoms with E-state index in [4.69, 9.17) is 4.74 Å². The molecule has 0 atom stereocenters. The Morgan fingerprint density at radius 3 is 2.62 bits per heavy atom. The lowest BCUT2D eigenvalue weighted by Gasteiger charge is -2.12. The Hall–Kier alpha value is -3.02. The van der Waals surface area contributed by atoms with Crippen LogP contribution in [-0.4, -0.2) is 45.2 Å². The maximum Gasteiger partial charge on any atom is 0.251 e. The largest absolute Gasteiger partial charge is 0.494 e. The Balaban J connectivity index is 1.74. The normalized spacial score (nSPS) is 11.1. The van der Waals surface area contributed by atoms with Gasteiger partial charge in [-0.2, -0.15) is 0 Å². The molecule has 0 heterocycles. The molecule has 156 valence electrons. The van der Waals surface area contributed by atoms with Crippen LogP contribution in [0.1, 0.15) is 34.8 Å². The molecule has 2 aromatic rings. The van der Waals surface area contributed by atoms with E-state index in [1.807, 2.05) is 55.5 Å². The minimum absolute atomic E-state index is 0.0671. The molecular weight excluding hydrogens is 364 g/mol. The summed E-state index contributed by atoms with van der Waals surface area (Å²) in [5.41, 5.74) is 3.02. The van der Waals surface area contributed by atoms with Crippen LogP contribution >= 0.6 is 0 Å². The number of rotatable bonds is 10. The van der Waals surface area contributed by atoms with Gasteiger partial charge in [-0.25, -0.2) is 0 Å². The molecule has 6 nitrogen and oxygen atoms in total. The van der Waals surface area contributed by atoms with Crippen LogP contribution in [0.3, 0.4) is 0 Å². The third-order valence-electron chi connectivity index (χ3n) is 4.33. The average molecular weight is 397 g/mol. The number of carbonyl (C=O) groups excluding carboxylic acids is 1. The molecule has 2 rings (SSSR count). The number of nitrogens with zero attached hydrogens (tertiary/aromatic N) is 1. The van der Waals surface area contributed by atoms with Crippen LogP contribution in [-0.2, 0) is 6.42 Å². The third-order valence-corrected chi connectivity index (χ3v) is 4.33. The van der Waals surface area contributed by atoms with E-state index in [0.29, 0.717) is 18.7 Å². The van der Waals surface area contributed by atoms with E-state index >= 15 is 0 Å². The molecular formula is C23H32N4O2. The highest BCUT2D eigenvalue weighted by Gasteiger charge is 2.04. The second kappa shape index (κ2) is 12.4. The highest BCUT2D eigenvalue weighted by Crippen LogP contribution is 2.11. The van der Waals surface area contributed by atoms with Crippen molar-refractivity contribution < 1.29 is 9.53 Å². The topological polar surface area (TPSA) is 74.8 Å². The summed E-state index contributed by atoms with van der Waals surface area (Å²) in [6.07, 6.45) is 1.66. The monoisotopic (exact) mass is 396 g/mol. The second-order valence-electron chi connectivity index (χ2n) is 6.73. The third kappa shape index (κ3) is 8.25. The fourth-order valence-electron chi connectivity index (χ4n) is 2.76. The molecule has 0 aliphatic carbocycles. The Morgan fingerprint density at radius 1 is 1.10 bits per heavy atom. The number of guanidine groups is 1. The summed E-state index contributed by atoms with van der Waals surface area (Å²) in [4.78, 5) is 16.3. The molecule has 0 unspecified atom stereocenters. The van der Waals surface area contributed by atoms with Crippen LogP contribution in [0, 0.1) is 6.92 Å². The molecule has 0 aromatic heterocycles. The quantitative estimate of drug-likeness (QED) is 0.328. The van der Waals surface area contributed by atoms with E-state index in [1.54, 1.807) is 7.05 Å². The zero-order valence-corrected chi connectivity index (χ0v) is 17.6. The lowest BCUT2D eigenvalue weighted by atomic mass is 10.1. The van der Waals surface area contributed by atoms with Gasteiger partial charge in [-0.05, 0) is 50.1 Å². The van der Waals surface area contributed by atoms with Gasteiger partial charge in [0.15, 0.2) is 5.96 Å². The van der Waals surface area contributed by atoms with Gasteiger partial charge in [0.2, 0.25) is 0 Å². The Morgan fingerprint density at radius 2 is 1.90 bits per heavy atom. The van der Waals surface area contributed by atoms with Crippen molar-refractivity contribution in [3.8, 4) is 5.75 Å². The molecule has 0 aliphatic heterocycles. The summed E-state index contributed by atoms with van der Waals surface area (Å²) in [7, 11) is 1.64. The predicted octanol–water partition coefficient (Wildman–Crippen LogP) is 2.92. The van der Waals surface area contributed by atoms with Crippen molar-refractivity contribution in [1.29, 1.82) is 0 Å². The zero-order valence-electron chi connectivity index (χ0n) is 17.6.